The molecule has 0 spiro atoms. The lowest BCUT2D eigenvalue weighted by Crippen LogP contribution is -2.37. The molecule has 0 radical (unpaired) electrons. The lowest BCUT2D eigenvalue weighted by Gasteiger charge is -2.31. The first-order valence-electron chi connectivity index (χ1n) is 9.53. The summed E-state index contributed by atoms with van der Waals surface area (Å²) in [5.41, 5.74) is 3.50. The number of para-hydroxylation sites is 1. The second-order valence-corrected chi connectivity index (χ2v) is 7.81. The highest BCUT2D eigenvalue weighted by Crippen LogP contribution is 2.37. The number of aryl methyl sites for hydroxylation is 3. The Bertz CT molecular complexity index is 1120. The number of carbonyl (C=O) groups excluding carboxylic acids is 1. The highest BCUT2D eigenvalue weighted by Gasteiger charge is 2.28. The maximum absolute atomic E-state index is 13.3. The van der Waals surface area contributed by atoms with Crippen molar-refractivity contribution >= 4 is 29.1 Å². The summed E-state index contributed by atoms with van der Waals surface area (Å²) in [4.78, 5) is 23.7. The van der Waals surface area contributed by atoms with Crippen molar-refractivity contribution in [3.8, 4) is 5.75 Å². The molecule has 0 atom stereocenters. The Balaban J connectivity index is 1.69. The third kappa shape index (κ3) is 3.71. The smallest absolute Gasteiger partial charge is 0.387 e. The van der Waals surface area contributed by atoms with E-state index in [1.807, 2.05) is 26.2 Å². The molecule has 0 unspecified atom stereocenters. The van der Waals surface area contributed by atoms with E-state index in [0.717, 1.165) is 23.2 Å². The topological polar surface area (TPSA) is 72.6 Å². The van der Waals surface area contributed by atoms with Gasteiger partial charge in [0, 0.05) is 23.5 Å². The third-order valence-corrected chi connectivity index (χ3v) is 5.78. The highest BCUT2D eigenvalue weighted by atomic mass is 32.2. The summed E-state index contributed by atoms with van der Waals surface area (Å²) in [6, 6.07) is 4.99. The van der Waals surface area contributed by atoms with E-state index in [1.54, 1.807) is 15.5 Å². The predicted molar refractivity (Wildman–Crippen MR) is 109 cm³/mol. The molecule has 4 rings (SSSR count). The van der Waals surface area contributed by atoms with Crippen LogP contribution in [0, 0.1) is 13.8 Å². The Morgan fingerprint density at radius 2 is 2.10 bits per heavy atom. The van der Waals surface area contributed by atoms with Crippen molar-refractivity contribution in [1.82, 2.24) is 19.6 Å². The van der Waals surface area contributed by atoms with E-state index in [1.165, 1.54) is 17.8 Å². The Labute approximate surface area is 176 Å². The quantitative estimate of drug-likeness (QED) is 0.573. The SMILES string of the molecule is CSc1nc2nc(C)c(CC(=O)N3CCCc4cccc(OC(F)F)c43)c(C)n2n1. The van der Waals surface area contributed by atoms with E-state index in [-0.39, 0.29) is 18.1 Å². The van der Waals surface area contributed by atoms with E-state index in [2.05, 4.69) is 15.1 Å². The van der Waals surface area contributed by atoms with E-state index >= 15 is 0 Å². The normalized spacial score (nSPS) is 13.7. The number of anilines is 1. The summed E-state index contributed by atoms with van der Waals surface area (Å²) < 4.78 is 32.1. The molecule has 0 N–H and O–H groups in total. The zero-order chi connectivity index (χ0) is 21.4. The second-order valence-electron chi connectivity index (χ2n) is 7.04. The molecule has 0 saturated carbocycles. The number of alkyl halides is 2. The minimum Gasteiger partial charge on any atom is -0.433 e. The second kappa shape index (κ2) is 8.17. The predicted octanol–water partition coefficient (Wildman–Crippen LogP) is 3.59. The molecule has 1 amide bonds. The lowest BCUT2D eigenvalue weighted by atomic mass is 9.99. The van der Waals surface area contributed by atoms with Crippen molar-refractivity contribution in [3.05, 3.63) is 40.7 Å². The number of hydrogen-bond acceptors (Lipinski definition) is 6. The van der Waals surface area contributed by atoms with Gasteiger partial charge in [0.25, 0.3) is 5.78 Å². The van der Waals surface area contributed by atoms with Gasteiger partial charge in [-0.1, -0.05) is 23.9 Å². The van der Waals surface area contributed by atoms with Crippen LogP contribution in [-0.4, -0.2) is 44.9 Å². The van der Waals surface area contributed by atoms with Crippen LogP contribution < -0.4 is 9.64 Å². The Morgan fingerprint density at radius 3 is 2.83 bits per heavy atom. The molecule has 3 heterocycles. The molecule has 0 fully saturated rings. The number of ether oxygens (including phenoxy) is 1. The van der Waals surface area contributed by atoms with Gasteiger partial charge in [0.2, 0.25) is 11.1 Å². The van der Waals surface area contributed by atoms with Crippen LogP contribution in [0.25, 0.3) is 5.78 Å². The van der Waals surface area contributed by atoms with Crippen LogP contribution in [0.1, 0.15) is 28.9 Å². The van der Waals surface area contributed by atoms with Gasteiger partial charge in [0.15, 0.2) is 0 Å². The number of nitrogens with zero attached hydrogens (tertiary/aromatic N) is 5. The molecule has 3 aromatic rings. The molecular formula is C20H21F2N5O2S. The largest absolute Gasteiger partial charge is 0.433 e. The molecule has 7 nitrogen and oxygen atoms in total. The van der Waals surface area contributed by atoms with Crippen molar-refractivity contribution in [1.29, 1.82) is 0 Å². The van der Waals surface area contributed by atoms with Crippen molar-refractivity contribution in [3.63, 3.8) is 0 Å². The van der Waals surface area contributed by atoms with Gasteiger partial charge in [0.05, 0.1) is 12.1 Å². The molecule has 158 valence electrons. The van der Waals surface area contributed by atoms with Crippen LogP contribution in [0.4, 0.5) is 14.5 Å². The number of amides is 1. The fourth-order valence-corrected chi connectivity index (χ4v) is 4.17. The molecule has 1 aliphatic heterocycles. The van der Waals surface area contributed by atoms with E-state index in [0.29, 0.717) is 35.3 Å². The zero-order valence-electron chi connectivity index (χ0n) is 16.9. The molecular weight excluding hydrogens is 412 g/mol. The van der Waals surface area contributed by atoms with Gasteiger partial charge in [-0.05, 0) is 44.6 Å². The zero-order valence-corrected chi connectivity index (χ0v) is 17.7. The van der Waals surface area contributed by atoms with Crippen molar-refractivity contribution in [2.75, 3.05) is 17.7 Å². The van der Waals surface area contributed by atoms with Gasteiger partial charge in [0.1, 0.15) is 5.75 Å². The van der Waals surface area contributed by atoms with Gasteiger partial charge < -0.3 is 9.64 Å². The summed E-state index contributed by atoms with van der Waals surface area (Å²) in [5, 5.41) is 5.02. The van der Waals surface area contributed by atoms with Crippen molar-refractivity contribution in [2.45, 2.75) is 44.9 Å². The highest BCUT2D eigenvalue weighted by molar-refractivity contribution is 7.98. The molecule has 2 aromatic heterocycles. The molecule has 0 aliphatic carbocycles. The first-order valence-corrected chi connectivity index (χ1v) is 10.8. The summed E-state index contributed by atoms with van der Waals surface area (Å²) >= 11 is 1.42. The Kier molecular flexibility index (Phi) is 5.59. The van der Waals surface area contributed by atoms with Gasteiger partial charge in [-0.25, -0.2) is 9.50 Å². The fraction of sp³-hybridized carbons (Fsp3) is 0.400. The summed E-state index contributed by atoms with van der Waals surface area (Å²) in [5.74, 6) is 0.318. The summed E-state index contributed by atoms with van der Waals surface area (Å²) in [7, 11) is 0. The van der Waals surface area contributed by atoms with Crippen LogP contribution in [0.15, 0.2) is 23.4 Å². The molecule has 1 aromatic carbocycles. The van der Waals surface area contributed by atoms with Crippen LogP contribution >= 0.6 is 11.8 Å². The number of thioether (sulfide) groups is 1. The van der Waals surface area contributed by atoms with Crippen LogP contribution in [0.2, 0.25) is 0 Å². The first kappa shape index (κ1) is 20.5. The van der Waals surface area contributed by atoms with E-state index in [9.17, 15) is 13.6 Å². The first-order chi connectivity index (χ1) is 14.4. The van der Waals surface area contributed by atoms with Gasteiger partial charge in [-0.15, -0.1) is 5.10 Å². The van der Waals surface area contributed by atoms with Crippen molar-refractivity contribution < 1.29 is 18.3 Å². The fourth-order valence-electron chi connectivity index (χ4n) is 3.83. The number of fused-ring (bicyclic) bond motifs is 2. The van der Waals surface area contributed by atoms with Gasteiger partial charge >= 0.3 is 6.61 Å². The number of benzene rings is 1. The minimum atomic E-state index is -2.95. The number of hydrogen-bond donors (Lipinski definition) is 0. The molecule has 0 saturated heterocycles. The van der Waals surface area contributed by atoms with Gasteiger partial charge in [-0.3, -0.25) is 4.79 Å². The molecule has 0 bridgehead atoms. The summed E-state index contributed by atoms with van der Waals surface area (Å²) in [6.45, 7) is 1.20. The van der Waals surface area contributed by atoms with Crippen molar-refractivity contribution in [2.24, 2.45) is 0 Å². The lowest BCUT2D eigenvalue weighted by molar-refractivity contribution is -0.118. The number of aromatic nitrogens is 4. The van der Waals surface area contributed by atoms with Crippen LogP contribution in [0.5, 0.6) is 5.75 Å². The minimum absolute atomic E-state index is 0.0264. The standard InChI is InChI=1S/C20H21F2N5O2S/c1-11-14(12(2)27-19(23-11)24-20(25-27)30-3)10-16(28)26-9-5-7-13-6-4-8-15(17(13)26)29-18(21)22/h4,6,8,18H,5,7,9-10H2,1-3H3. The average Bonchev–Trinajstić information content (AvgIpc) is 3.13. The third-order valence-electron chi connectivity index (χ3n) is 5.24. The van der Waals surface area contributed by atoms with Crippen LogP contribution in [0.3, 0.4) is 0 Å². The number of rotatable bonds is 5. The van der Waals surface area contributed by atoms with Crippen LogP contribution in [-0.2, 0) is 17.6 Å². The average molecular weight is 433 g/mol. The van der Waals surface area contributed by atoms with Gasteiger partial charge in [-0.2, -0.15) is 13.8 Å². The molecule has 10 heteroatoms. The maximum atomic E-state index is 13.3. The summed E-state index contributed by atoms with van der Waals surface area (Å²) in [6.07, 6.45) is 3.43. The Hall–Kier alpha value is -2.75. The van der Waals surface area contributed by atoms with E-state index < -0.39 is 6.61 Å². The van der Waals surface area contributed by atoms with E-state index in [4.69, 9.17) is 4.74 Å². The molecule has 30 heavy (non-hydrogen) atoms. The number of halogens is 2. The maximum Gasteiger partial charge on any atom is 0.387 e. The number of carbonyl (C=O) groups is 1. The Morgan fingerprint density at radius 1 is 1.30 bits per heavy atom. The monoisotopic (exact) mass is 433 g/mol. The molecule has 1 aliphatic rings.